The molecule has 0 atom stereocenters. The average molecular weight is 628 g/mol. The molecule has 2 heterocycles. The Morgan fingerprint density at radius 1 is 1.00 bits per heavy atom. The number of rotatable bonds is 15. The minimum absolute atomic E-state index is 0.0318. The van der Waals surface area contributed by atoms with Crippen LogP contribution in [0.2, 0.25) is 0 Å². The van der Waals surface area contributed by atoms with E-state index in [1.807, 2.05) is 24.5 Å². The van der Waals surface area contributed by atoms with Crippen molar-refractivity contribution in [3.63, 3.8) is 0 Å². The van der Waals surface area contributed by atoms with Crippen LogP contribution >= 0.6 is 7.82 Å². The third-order valence-corrected chi connectivity index (χ3v) is 8.35. The highest BCUT2D eigenvalue weighted by atomic mass is 31.2. The lowest BCUT2D eigenvalue weighted by Crippen LogP contribution is -2.32. The van der Waals surface area contributed by atoms with Gasteiger partial charge in [0.1, 0.15) is 22.8 Å². The van der Waals surface area contributed by atoms with Crippen LogP contribution in [0.3, 0.4) is 0 Å². The lowest BCUT2D eigenvalue weighted by Gasteiger charge is -2.26. The first kappa shape index (κ1) is 33.7. The second-order valence-corrected chi connectivity index (χ2v) is 14.0. The van der Waals surface area contributed by atoms with Crippen LogP contribution in [0.4, 0.5) is 5.82 Å². The molecule has 0 aliphatic heterocycles. The van der Waals surface area contributed by atoms with Crippen molar-refractivity contribution in [3.8, 4) is 11.5 Å². The highest BCUT2D eigenvalue weighted by Crippen LogP contribution is 2.40. The highest BCUT2D eigenvalue weighted by Gasteiger charge is 2.24. The van der Waals surface area contributed by atoms with Crippen molar-refractivity contribution in [2.24, 2.45) is 5.73 Å². The molecule has 0 saturated heterocycles. The van der Waals surface area contributed by atoms with Crippen LogP contribution in [0, 0.1) is 0 Å². The largest absolute Gasteiger partial charge is 0.524 e. The molecular formula is C32H46N5O6P. The summed E-state index contributed by atoms with van der Waals surface area (Å²) in [6.07, 6.45) is 5.19. The standard InChI is InChI=1S/C32H46N5O6P/c1-6-7-9-27-36-28-29(37(27)20-21-18-23(11-13-26(21)38)43-44(39,40)41)24-12-10-22(19-25(24)35-30(28)33)31(2,3)15-17-42-16-8-14-32(4,5)34/h10-13,18-19,38H,6-9,14-17,20,34H2,1-5H3,(H2,33,35)(H2,39,40,41). The Bertz CT molecular complexity index is 1660. The fraction of sp³-hybridized carbons (Fsp3) is 0.500. The number of nitrogen functional groups attached to an aromatic ring is 1. The van der Waals surface area contributed by atoms with Crippen LogP contribution in [-0.4, -0.2) is 48.2 Å². The van der Waals surface area contributed by atoms with Gasteiger partial charge >= 0.3 is 7.82 Å². The number of pyridine rings is 1. The van der Waals surface area contributed by atoms with Crippen molar-refractivity contribution in [2.75, 3.05) is 18.9 Å². The number of ether oxygens (including phenoxy) is 1. The van der Waals surface area contributed by atoms with Crippen LogP contribution in [0.1, 0.15) is 83.7 Å². The van der Waals surface area contributed by atoms with Gasteiger partial charge in [0.25, 0.3) is 0 Å². The third kappa shape index (κ3) is 8.49. The number of benzene rings is 2. The van der Waals surface area contributed by atoms with E-state index in [9.17, 15) is 19.5 Å². The van der Waals surface area contributed by atoms with Crippen LogP contribution < -0.4 is 16.0 Å². The monoisotopic (exact) mass is 627 g/mol. The normalized spacial score (nSPS) is 12.8. The number of anilines is 1. The first-order valence-corrected chi connectivity index (χ1v) is 16.6. The summed E-state index contributed by atoms with van der Waals surface area (Å²) < 4.78 is 24.1. The van der Waals surface area contributed by atoms with Crippen molar-refractivity contribution in [3.05, 3.63) is 53.3 Å². The zero-order chi connectivity index (χ0) is 32.3. The summed E-state index contributed by atoms with van der Waals surface area (Å²) in [5.41, 5.74) is 15.8. The molecule has 0 bridgehead atoms. The smallest absolute Gasteiger partial charge is 0.508 e. The van der Waals surface area contributed by atoms with Crippen molar-refractivity contribution in [1.29, 1.82) is 0 Å². The molecule has 11 nitrogen and oxygen atoms in total. The SMILES string of the molecule is CCCCc1nc2c(N)nc3cc(C(C)(C)CCOCCCC(C)(C)N)ccc3c2n1Cc1cc(OP(=O)(O)O)ccc1O. The van der Waals surface area contributed by atoms with E-state index >= 15 is 0 Å². The maximum atomic E-state index is 11.4. The van der Waals surface area contributed by atoms with Gasteiger partial charge in [-0.15, -0.1) is 0 Å². The Labute approximate surface area is 258 Å². The number of imidazole rings is 1. The number of phenolic OH excluding ortho intramolecular Hbond substituents is 1. The molecule has 2 aromatic heterocycles. The number of phosphoric ester groups is 1. The van der Waals surface area contributed by atoms with E-state index in [0.717, 1.165) is 59.9 Å². The number of fused-ring (bicyclic) bond motifs is 3. The van der Waals surface area contributed by atoms with Gasteiger partial charge in [-0.3, -0.25) is 9.79 Å². The van der Waals surface area contributed by atoms with Crippen molar-refractivity contribution in [1.82, 2.24) is 14.5 Å². The summed E-state index contributed by atoms with van der Waals surface area (Å²) in [5, 5.41) is 11.6. The van der Waals surface area contributed by atoms with E-state index in [-0.39, 0.29) is 29.0 Å². The first-order valence-electron chi connectivity index (χ1n) is 15.1. The molecule has 7 N–H and O–H groups in total. The predicted molar refractivity (Wildman–Crippen MR) is 174 cm³/mol. The molecule has 4 rings (SSSR count). The van der Waals surface area contributed by atoms with E-state index in [4.69, 9.17) is 30.7 Å². The van der Waals surface area contributed by atoms with Crippen LogP contribution in [0.25, 0.3) is 21.9 Å². The number of hydrogen-bond donors (Lipinski definition) is 5. The number of nitrogens with zero attached hydrogens (tertiary/aromatic N) is 3. The van der Waals surface area contributed by atoms with Crippen molar-refractivity contribution >= 4 is 35.6 Å². The molecule has 0 unspecified atom stereocenters. The molecule has 0 spiro atoms. The minimum Gasteiger partial charge on any atom is -0.508 e. The maximum absolute atomic E-state index is 11.4. The topological polar surface area (TPSA) is 179 Å². The maximum Gasteiger partial charge on any atom is 0.524 e. The zero-order valence-corrected chi connectivity index (χ0v) is 27.2. The zero-order valence-electron chi connectivity index (χ0n) is 26.3. The summed E-state index contributed by atoms with van der Waals surface area (Å²) in [4.78, 5) is 28.2. The Morgan fingerprint density at radius 2 is 1.75 bits per heavy atom. The summed E-state index contributed by atoms with van der Waals surface area (Å²) in [7, 11) is -4.77. The second-order valence-electron chi connectivity index (χ2n) is 12.9. The van der Waals surface area contributed by atoms with E-state index < -0.39 is 7.82 Å². The molecule has 0 saturated carbocycles. The van der Waals surface area contributed by atoms with Gasteiger partial charge in [0.2, 0.25) is 0 Å². The fourth-order valence-corrected chi connectivity index (χ4v) is 5.72. The molecule has 240 valence electrons. The Kier molecular flexibility index (Phi) is 10.3. The number of aromatic nitrogens is 3. The quantitative estimate of drug-likeness (QED) is 0.0782. The Hall–Kier alpha value is -3.21. The van der Waals surface area contributed by atoms with Gasteiger partial charge in [-0.2, -0.15) is 0 Å². The average Bonchev–Trinajstić information content (AvgIpc) is 3.28. The highest BCUT2D eigenvalue weighted by molar-refractivity contribution is 7.46. The molecular weight excluding hydrogens is 581 g/mol. The number of hydrogen-bond acceptors (Lipinski definition) is 8. The van der Waals surface area contributed by atoms with E-state index in [0.29, 0.717) is 36.5 Å². The van der Waals surface area contributed by atoms with Gasteiger partial charge in [-0.25, -0.2) is 14.5 Å². The lowest BCUT2D eigenvalue weighted by molar-refractivity contribution is 0.111. The first-order chi connectivity index (χ1) is 20.6. The van der Waals surface area contributed by atoms with E-state index in [1.54, 1.807) is 0 Å². The Morgan fingerprint density at radius 3 is 2.43 bits per heavy atom. The Balaban J connectivity index is 1.69. The number of phenols is 1. The number of aromatic hydroxyl groups is 1. The van der Waals surface area contributed by atoms with Gasteiger partial charge < -0.3 is 30.4 Å². The van der Waals surface area contributed by atoms with Crippen molar-refractivity contribution < 1.29 is 28.7 Å². The predicted octanol–water partition coefficient (Wildman–Crippen LogP) is 5.94. The minimum atomic E-state index is -4.77. The van der Waals surface area contributed by atoms with Gasteiger partial charge in [0, 0.05) is 36.1 Å². The van der Waals surface area contributed by atoms with E-state index in [1.165, 1.54) is 18.2 Å². The number of unbranched alkanes of at least 4 members (excludes halogenated alkanes) is 1. The summed E-state index contributed by atoms with van der Waals surface area (Å²) in [6.45, 7) is 12.0. The number of phosphoric acid groups is 1. The lowest BCUT2D eigenvalue weighted by atomic mass is 9.81. The summed E-state index contributed by atoms with van der Waals surface area (Å²) in [5.74, 6) is 1.02. The van der Waals surface area contributed by atoms with Crippen LogP contribution in [0.5, 0.6) is 11.5 Å². The van der Waals surface area contributed by atoms with Gasteiger partial charge in [0.05, 0.1) is 17.6 Å². The number of aryl methyl sites for hydroxylation is 1. The molecule has 0 aliphatic rings. The molecule has 0 aliphatic carbocycles. The van der Waals surface area contributed by atoms with Gasteiger partial charge in [-0.1, -0.05) is 39.3 Å². The molecule has 2 aromatic carbocycles. The van der Waals surface area contributed by atoms with Gasteiger partial charge in [0.15, 0.2) is 5.82 Å². The van der Waals surface area contributed by atoms with Crippen LogP contribution in [0.15, 0.2) is 36.4 Å². The number of nitrogens with two attached hydrogens (primary N) is 2. The van der Waals surface area contributed by atoms with Crippen LogP contribution in [-0.2, 0) is 27.7 Å². The van der Waals surface area contributed by atoms with Gasteiger partial charge in [-0.05, 0) is 74.8 Å². The molecule has 0 amide bonds. The summed E-state index contributed by atoms with van der Waals surface area (Å²) >= 11 is 0. The molecule has 0 fully saturated rings. The second kappa shape index (κ2) is 13.4. The molecule has 44 heavy (non-hydrogen) atoms. The summed E-state index contributed by atoms with van der Waals surface area (Å²) in [6, 6.07) is 10.3. The molecule has 0 radical (unpaired) electrons. The van der Waals surface area contributed by atoms with E-state index in [2.05, 4.69) is 32.9 Å². The van der Waals surface area contributed by atoms with Crippen molar-refractivity contribution in [2.45, 2.75) is 90.6 Å². The molecule has 12 heteroatoms. The molecule has 4 aromatic rings. The third-order valence-electron chi connectivity index (χ3n) is 7.90. The fourth-order valence-electron chi connectivity index (χ4n) is 5.33.